The Morgan fingerprint density at radius 3 is 2.63 bits per heavy atom. The number of methoxy groups -OCH3 is 1. The Hall–Kier alpha value is -1.63. The number of thiazole rings is 1. The molecule has 7 heteroatoms. The SMILES string of the molecule is COc1ccc([C@H]2[C@@H]3CN(C(=O)Cc4csc(C)n4)C[C@@H]3CN2C)cc1.Cl. The Kier molecular flexibility index (Phi) is 6.08. The zero-order chi connectivity index (χ0) is 18.3. The second-order valence-corrected chi connectivity index (χ2v) is 8.48. The minimum atomic E-state index is 0. The van der Waals surface area contributed by atoms with E-state index in [0.717, 1.165) is 36.1 Å². The molecular weight excluding hydrogens is 382 g/mol. The van der Waals surface area contributed by atoms with Gasteiger partial charge in [0.2, 0.25) is 5.91 Å². The van der Waals surface area contributed by atoms with E-state index in [2.05, 4.69) is 29.1 Å². The lowest BCUT2D eigenvalue weighted by Gasteiger charge is -2.27. The fourth-order valence-electron chi connectivity index (χ4n) is 4.52. The number of rotatable bonds is 4. The van der Waals surface area contributed by atoms with Gasteiger partial charge < -0.3 is 9.64 Å². The summed E-state index contributed by atoms with van der Waals surface area (Å²) >= 11 is 1.61. The predicted octanol–water partition coefficient (Wildman–Crippen LogP) is 3.19. The lowest BCUT2D eigenvalue weighted by molar-refractivity contribution is -0.129. The molecule has 3 atom stereocenters. The number of halogens is 1. The van der Waals surface area contributed by atoms with Crippen LogP contribution in [-0.2, 0) is 11.2 Å². The van der Waals surface area contributed by atoms with E-state index in [4.69, 9.17) is 4.74 Å². The van der Waals surface area contributed by atoms with E-state index in [1.807, 2.05) is 29.3 Å². The first-order chi connectivity index (χ1) is 12.5. The molecule has 0 N–H and O–H groups in total. The van der Waals surface area contributed by atoms with Gasteiger partial charge >= 0.3 is 0 Å². The highest BCUT2D eigenvalue weighted by Crippen LogP contribution is 2.44. The topological polar surface area (TPSA) is 45.7 Å². The van der Waals surface area contributed by atoms with Gasteiger partial charge in [0, 0.05) is 37.0 Å². The summed E-state index contributed by atoms with van der Waals surface area (Å²) in [4.78, 5) is 21.6. The average molecular weight is 408 g/mol. The molecule has 0 radical (unpaired) electrons. The van der Waals surface area contributed by atoms with Crippen LogP contribution in [0.5, 0.6) is 5.75 Å². The van der Waals surface area contributed by atoms with Crippen molar-refractivity contribution in [2.75, 3.05) is 33.8 Å². The highest BCUT2D eigenvalue weighted by molar-refractivity contribution is 7.09. The van der Waals surface area contributed by atoms with Crippen molar-refractivity contribution in [2.24, 2.45) is 11.8 Å². The van der Waals surface area contributed by atoms with E-state index in [-0.39, 0.29) is 18.3 Å². The molecule has 3 heterocycles. The van der Waals surface area contributed by atoms with Crippen LogP contribution in [0.2, 0.25) is 0 Å². The van der Waals surface area contributed by atoms with Crippen LogP contribution in [-0.4, -0.2) is 54.5 Å². The molecule has 2 aliphatic rings. The number of hydrogen-bond acceptors (Lipinski definition) is 5. The highest BCUT2D eigenvalue weighted by Gasteiger charge is 2.47. The summed E-state index contributed by atoms with van der Waals surface area (Å²) in [7, 11) is 3.88. The van der Waals surface area contributed by atoms with Gasteiger partial charge in [-0.15, -0.1) is 23.7 Å². The molecule has 1 amide bonds. The first-order valence-electron chi connectivity index (χ1n) is 9.08. The molecule has 0 unspecified atom stereocenters. The van der Waals surface area contributed by atoms with Gasteiger partial charge in [0.05, 0.1) is 24.2 Å². The number of benzene rings is 1. The van der Waals surface area contributed by atoms with Crippen molar-refractivity contribution in [3.63, 3.8) is 0 Å². The molecule has 27 heavy (non-hydrogen) atoms. The fraction of sp³-hybridized carbons (Fsp3) is 0.500. The van der Waals surface area contributed by atoms with Crippen LogP contribution < -0.4 is 4.74 Å². The smallest absolute Gasteiger partial charge is 0.228 e. The highest BCUT2D eigenvalue weighted by atomic mass is 35.5. The molecular formula is C20H26ClN3O2S. The van der Waals surface area contributed by atoms with Gasteiger partial charge in [0.1, 0.15) is 5.75 Å². The third-order valence-electron chi connectivity index (χ3n) is 5.70. The third-order valence-corrected chi connectivity index (χ3v) is 6.53. The molecule has 0 aliphatic carbocycles. The second kappa shape index (κ2) is 8.17. The first-order valence-corrected chi connectivity index (χ1v) is 9.96. The largest absolute Gasteiger partial charge is 0.497 e. The van der Waals surface area contributed by atoms with E-state index in [9.17, 15) is 4.79 Å². The fourth-order valence-corrected chi connectivity index (χ4v) is 5.13. The summed E-state index contributed by atoms with van der Waals surface area (Å²) in [6, 6.07) is 8.73. The zero-order valence-corrected chi connectivity index (χ0v) is 17.6. The Bertz CT molecular complexity index is 795. The zero-order valence-electron chi connectivity index (χ0n) is 15.9. The van der Waals surface area contributed by atoms with Crippen molar-refractivity contribution in [1.29, 1.82) is 0 Å². The number of carbonyl (C=O) groups excluding carboxylic acids is 1. The predicted molar refractivity (Wildman–Crippen MR) is 110 cm³/mol. The van der Waals surface area contributed by atoms with Gasteiger partial charge in [-0.25, -0.2) is 4.98 Å². The van der Waals surface area contributed by atoms with Gasteiger partial charge in [-0.2, -0.15) is 0 Å². The Labute approximate surface area is 170 Å². The Balaban J connectivity index is 0.00000210. The van der Waals surface area contributed by atoms with E-state index >= 15 is 0 Å². The van der Waals surface area contributed by atoms with Crippen molar-refractivity contribution in [1.82, 2.24) is 14.8 Å². The van der Waals surface area contributed by atoms with E-state index in [1.54, 1.807) is 18.4 Å². The summed E-state index contributed by atoms with van der Waals surface area (Å²) in [5, 5.41) is 3.02. The molecule has 2 fully saturated rings. The number of carbonyl (C=O) groups is 1. The normalized spacial score (nSPS) is 24.6. The van der Waals surface area contributed by atoms with Crippen LogP contribution in [0.15, 0.2) is 29.6 Å². The van der Waals surface area contributed by atoms with Crippen LogP contribution in [0.1, 0.15) is 22.3 Å². The second-order valence-electron chi connectivity index (χ2n) is 7.41. The Morgan fingerprint density at radius 2 is 2.00 bits per heavy atom. The van der Waals surface area contributed by atoms with Crippen molar-refractivity contribution in [3.8, 4) is 5.75 Å². The van der Waals surface area contributed by atoms with Crippen molar-refractivity contribution in [3.05, 3.63) is 45.9 Å². The molecule has 146 valence electrons. The number of aromatic nitrogens is 1. The number of hydrogen-bond donors (Lipinski definition) is 0. The van der Waals surface area contributed by atoms with Crippen LogP contribution in [0, 0.1) is 18.8 Å². The number of amides is 1. The molecule has 5 nitrogen and oxygen atoms in total. The number of likely N-dealkylation sites (tertiary alicyclic amines) is 2. The van der Waals surface area contributed by atoms with Crippen molar-refractivity contribution >= 4 is 29.7 Å². The number of fused-ring (bicyclic) bond motifs is 1. The van der Waals surface area contributed by atoms with Gasteiger partial charge in [0.15, 0.2) is 0 Å². The molecule has 1 aromatic carbocycles. The lowest BCUT2D eigenvalue weighted by atomic mass is 9.89. The molecule has 4 rings (SSSR count). The summed E-state index contributed by atoms with van der Waals surface area (Å²) in [6.07, 6.45) is 0.423. The number of nitrogens with zero attached hydrogens (tertiary/aromatic N) is 3. The standard InChI is InChI=1S/C20H25N3O2S.ClH/c1-13-21-16(12-26-13)8-19(24)23-10-15-9-22(2)20(18(15)11-23)14-4-6-17(25-3)7-5-14;/h4-7,12,15,18,20H,8-11H2,1-3H3;1H/t15-,18+,20-;/m0./s1. The van der Waals surface area contributed by atoms with Crippen molar-refractivity contribution in [2.45, 2.75) is 19.4 Å². The summed E-state index contributed by atoms with van der Waals surface area (Å²) < 4.78 is 5.28. The van der Waals surface area contributed by atoms with Crippen molar-refractivity contribution < 1.29 is 9.53 Å². The van der Waals surface area contributed by atoms with Gasteiger partial charge in [-0.05, 0) is 37.6 Å². The molecule has 2 aliphatic heterocycles. The lowest BCUT2D eigenvalue weighted by Crippen LogP contribution is -2.34. The summed E-state index contributed by atoms with van der Waals surface area (Å²) in [5.74, 6) is 2.14. The van der Waals surface area contributed by atoms with Gasteiger partial charge in [-0.3, -0.25) is 9.69 Å². The van der Waals surface area contributed by atoms with Crippen LogP contribution in [0.25, 0.3) is 0 Å². The number of aryl methyl sites for hydroxylation is 1. The first kappa shape index (κ1) is 20.1. The molecule has 1 aromatic heterocycles. The average Bonchev–Trinajstić information content (AvgIpc) is 3.29. The minimum Gasteiger partial charge on any atom is -0.497 e. The maximum absolute atomic E-state index is 12.7. The molecule has 0 saturated carbocycles. The van der Waals surface area contributed by atoms with E-state index in [1.165, 1.54) is 5.56 Å². The van der Waals surface area contributed by atoms with Gasteiger partial charge in [-0.1, -0.05) is 12.1 Å². The summed E-state index contributed by atoms with van der Waals surface area (Å²) in [6.45, 7) is 4.73. The molecule has 0 bridgehead atoms. The van der Waals surface area contributed by atoms with Gasteiger partial charge in [0.25, 0.3) is 0 Å². The molecule has 2 saturated heterocycles. The molecule has 2 aromatic rings. The maximum atomic E-state index is 12.7. The van der Waals surface area contributed by atoms with Crippen LogP contribution >= 0.6 is 23.7 Å². The quantitative estimate of drug-likeness (QED) is 0.780. The number of ether oxygens (including phenoxy) is 1. The van der Waals surface area contributed by atoms with Crippen LogP contribution in [0.3, 0.4) is 0 Å². The van der Waals surface area contributed by atoms with E-state index in [0.29, 0.717) is 24.3 Å². The maximum Gasteiger partial charge on any atom is 0.228 e. The monoisotopic (exact) mass is 407 g/mol. The summed E-state index contributed by atoms with van der Waals surface area (Å²) in [5.41, 5.74) is 2.21. The molecule has 0 spiro atoms. The minimum absolute atomic E-state index is 0. The van der Waals surface area contributed by atoms with E-state index < -0.39 is 0 Å². The van der Waals surface area contributed by atoms with Crippen LogP contribution in [0.4, 0.5) is 0 Å². The third kappa shape index (κ3) is 3.98. The Morgan fingerprint density at radius 1 is 1.26 bits per heavy atom.